The summed E-state index contributed by atoms with van der Waals surface area (Å²) in [5, 5.41) is 10.8. The predicted molar refractivity (Wildman–Crippen MR) is 95.3 cm³/mol. The Kier molecular flexibility index (Phi) is 4.42. The molecule has 1 aromatic carbocycles. The Morgan fingerprint density at radius 2 is 2.00 bits per heavy atom. The molecule has 1 unspecified atom stereocenters. The first-order valence-corrected chi connectivity index (χ1v) is 8.81. The van der Waals surface area contributed by atoms with Crippen molar-refractivity contribution < 1.29 is 9.59 Å². The summed E-state index contributed by atoms with van der Waals surface area (Å²) in [4.78, 5) is 28.9. The highest BCUT2D eigenvalue weighted by molar-refractivity contribution is 5.96. The largest absolute Gasteiger partial charge is 0.336 e. The van der Waals surface area contributed by atoms with E-state index < -0.39 is 0 Å². The molecule has 1 atom stereocenters. The molecule has 2 aliphatic rings. The maximum atomic E-state index is 12.6. The summed E-state index contributed by atoms with van der Waals surface area (Å²) in [5.74, 6) is -0.0340. The second kappa shape index (κ2) is 6.87. The topological polar surface area (TPSA) is 83.4 Å². The Labute approximate surface area is 151 Å². The van der Waals surface area contributed by atoms with Crippen molar-refractivity contribution in [3.8, 4) is 0 Å². The monoisotopic (exact) mass is 354 g/mol. The number of carbonyl (C=O) groups excluding carboxylic acids is 2. The zero-order valence-electron chi connectivity index (χ0n) is 14.7. The van der Waals surface area contributed by atoms with Gasteiger partial charge in [-0.2, -0.15) is 0 Å². The summed E-state index contributed by atoms with van der Waals surface area (Å²) in [6.45, 7) is 2.82. The summed E-state index contributed by atoms with van der Waals surface area (Å²) in [6.07, 6.45) is 1.86. The first kappa shape index (κ1) is 16.7. The SMILES string of the molecule is CN1CC(N2CC(C(=O)Nc3nncn3Cc3ccccc3)CC2=O)C1. The first-order chi connectivity index (χ1) is 12.6. The number of carbonyl (C=O) groups is 2. The molecule has 26 heavy (non-hydrogen) atoms. The molecule has 0 saturated carbocycles. The van der Waals surface area contributed by atoms with E-state index in [1.807, 2.05) is 42.3 Å². The second-order valence-corrected chi connectivity index (χ2v) is 7.08. The fraction of sp³-hybridized carbons (Fsp3) is 0.444. The highest BCUT2D eigenvalue weighted by atomic mass is 16.2. The lowest BCUT2D eigenvalue weighted by Crippen LogP contribution is -2.58. The lowest BCUT2D eigenvalue weighted by molar-refractivity contribution is -0.132. The summed E-state index contributed by atoms with van der Waals surface area (Å²) in [5.41, 5.74) is 1.10. The summed E-state index contributed by atoms with van der Waals surface area (Å²) in [7, 11) is 2.03. The average molecular weight is 354 g/mol. The van der Waals surface area contributed by atoms with Crippen molar-refractivity contribution in [3.63, 3.8) is 0 Å². The van der Waals surface area contributed by atoms with Gasteiger partial charge in [0.2, 0.25) is 17.8 Å². The molecule has 2 aliphatic heterocycles. The average Bonchev–Trinajstić information content (AvgIpc) is 3.20. The van der Waals surface area contributed by atoms with Crippen LogP contribution in [0.4, 0.5) is 5.95 Å². The van der Waals surface area contributed by atoms with Gasteiger partial charge in [0.05, 0.1) is 18.5 Å². The van der Waals surface area contributed by atoms with E-state index in [4.69, 9.17) is 0 Å². The van der Waals surface area contributed by atoms with Crippen molar-refractivity contribution in [3.05, 3.63) is 42.2 Å². The van der Waals surface area contributed by atoms with E-state index in [0.717, 1.165) is 18.7 Å². The zero-order chi connectivity index (χ0) is 18.1. The van der Waals surface area contributed by atoms with Crippen molar-refractivity contribution in [2.75, 3.05) is 32.0 Å². The van der Waals surface area contributed by atoms with Gasteiger partial charge in [0.25, 0.3) is 0 Å². The Morgan fingerprint density at radius 1 is 1.23 bits per heavy atom. The minimum absolute atomic E-state index is 0.0639. The Balaban J connectivity index is 1.38. The van der Waals surface area contributed by atoms with Gasteiger partial charge in [-0.25, -0.2) is 0 Å². The van der Waals surface area contributed by atoms with Crippen LogP contribution in [0.3, 0.4) is 0 Å². The molecular formula is C18H22N6O2. The maximum Gasteiger partial charge on any atom is 0.232 e. The van der Waals surface area contributed by atoms with Crippen molar-refractivity contribution >= 4 is 17.8 Å². The molecule has 3 heterocycles. The maximum absolute atomic E-state index is 12.6. The minimum atomic E-state index is -0.338. The molecule has 2 amide bonds. The van der Waals surface area contributed by atoms with Crippen LogP contribution in [0.5, 0.6) is 0 Å². The van der Waals surface area contributed by atoms with E-state index in [2.05, 4.69) is 20.4 Å². The van der Waals surface area contributed by atoms with E-state index in [1.165, 1.54) is 0 Å². The molecule has 0 radical (unpaired) electrons. The number of likely N-dealkylation sites (N-methyl/N-ethyl adjacent to an activating group) is 1. The van der Waals surface area contributed by atoms with Gasteiger partial charge in [-0.3, -0.25) is 19.5 Å². The molecule has 136 valence electrons. The van der Waals surface area contributed by atoms with Gasteiger partial charge in [-0.05, 0) is 12.6 Å². The van der Waals surface area contributed by atoms with Crippen LogP contribution < -0.4 is 5.32 Å². The molecule has 0 bridgehead atoms. The van der Waals surface area contributed by atoms with Crippen molar-refractivity contribution in [2.24, 2.45) is 5.92 Å². The van der Waals surface area contributed by atoms with Crippen molar-refractivity contribution in [1.82, 2.24) is 24.6 Å². The third kappa shape index (κ3) is 3.32. The number of anilines is 1. The Bertz CT molecular complexity index is 799. The molecule has 1 aromatic heterocycles. The third-order valence-electron chi connectivity index (χ3n) is 5.06. The molecule has 8 nitrogen and oxygen atoms in total. The van der Waals surface area contributed by atoms with Crippen LogP contribution in [0.25, 0.3) is 0 Å². The van der Waals surface area contributed by atoms with Gasteiger partial charge >= 0.3 is 0 Å². The number of hydrogen-bond donors (Lipinski definition) is 1. The van der Waals surface area contributed by atoms with Crippen molar-refractivity contribution in [2.45, 2.75) is 19.0 Å². The summed E-state index contributed by atoms with van der Waals surface area (Å²) < 4.78 is 1.79. The fourth-order valence-corrected chi connectivity index (χ4v) is 3.58. The van der Waals surface area contributed by atoms with E-state index in [1.54, 1.807) is 10.9 Å². The van der Waals surface area contributed by atoms with Crippen LogP contribution >= 0.6 is 0 Å². The lowest BCUT2D eigenvalue weighted by Gasteiger charge is -2.42. The lowest BCUT2D eigenvalue weighted by atomic mass is 10.1. The summed E-state index contributed by atoms with van der Waals surface area (Å²) >= 11 is 0. The number of nitrogens with zero attached hydrogens (tertiary/aromatic N) is 5. The van der Waals surface area contributed by atoms with Crippen LogP contribution in [0.15, 0.2) is 36.7 Å². The minimum Gasteiger partial charge on any atom is -0.336 e. The quantitative estimate of drug-likeness (QED) is 0.842. The Morgan fingerprint density at radius 3 is 2.73 bits per heavy atom. The number of amides is 2. The first-order valence-electron chi connectivity index (χ1n) is 8.81. The van der Waals surface area contributed by atoms with Crippen LogP contribution in [0, 0.1) is 5.92 Å². The molecule has 2 saturated heterocycles. The number of hydrogen-bond acceptors (Lipinski definition) is 5. The molecular weight excluding hydrogens is 332 g/mol. The molecule has 0 aliphatic carbocycles. The molecule has 2 fully saturated rings. The van der Waals surface area contributed by atoms with Gasteiger partial charge in [0.15, 0.2) is 0 Å². The van der Waals surface area contributed by atoms with E-state index in [9.17, 15) is 9.59 Å². The zero-order valence-corrected chi connectivity index (χ0v) is 14.7. The molecule has 1 N–H and O–H groups in total. The van der Waals surface area contributed by atoms with Gasteiger partial charge in [-0.15, -0.1) is 10.2 Å². The van der Waals surface area contributed by atoms with Crippen LogP contribution in [-0.2, 0) is 16.1 Å². The molecule has 8 heteroatoms. The predicted octanol–water partition coefficient (Wildman–Crippen LogP) is 0.427. The fourth-order valence-electron chi connectivity index (χ4n) is 3.58. The standard InChI is InChI=1S/C18H22N6O2/c1-22-10-15(11-22)24-9-14(7-16(24)25)17(26)20-18-21-19-12-23(18)8-13-5-3-2-4-6-13/h2-6,12,14-15H,7-11H2,1H3,(H,20,21,26). The second-order valence-electron chi connectivity index (χ2n) is 7.08. The van der Waals surface area contributed by atoms with Gasteiger partial charge in [0, 0.05) is 26.1 Å². The van der Waals surface area contributed by atoms with E-state index in [-0.39, 0.29) is 30.2 Å². The van der Waals surface area contributed by atoms with Crippen LogP contribution in [0.2, 0.25) is 0 Å². The smallest absolute Gasteiger partial charge is 0.232 e. The normalized spacial score (nSPS) is 21.0. The van der Waals surface area contributed by atoms with Gasteiger partial charge in [0.1, 0.15) is 6.33 Å². The Hall–Kier alpha value is -2.74. The molecule has 0 spiro atoms. The number of likely N-dealkylation sites (tertiary alicyclic amines) is 2. The highest BCUT2D eigenvalue weighted by Crippen LogP contribution is 2.25. The molecule has 4 rings (SSSR count). The van der Waals surface area contributed by atoms with Crippen LogP contribution in [0.1, 0.15) is 12.0 Å². The van der Waals surface area contributed by atoms with Gasteiger partial charge in [-0.1, -0.05) is 30.3 Å². The molecule has 2 aromatic rings. The third-order valence-corrected chi connectivity index (χ3v) is 5.06. The van der Waals surface area contributed by atoms with Crippen LogP contribution in [-0.4, -0.2) is 69.1 Å². The van der Waals surface area contributed by atoms with Gasteiger partial charge < -0.3 is 9.80 Å². The number of nitrogens with one attached hydrogen (secondary N) is 1. The highest BCUT2D eigenvalue weighted by Gasteiger charge is 2.41. The van der Waals surface area contributed by atoms with Crippen molar-refractivity contribution in [1.29, 1.82) is 0 Å². The summed E-state index contributed by atoms with van der Waals surface area (Å²) in [6, 6.07) is 10.2. The van der Waals surface area contributed by atoms with E-state index in [0.29, 0.717) is 19.0 Å². The van der Waals surface area contributed by atoms with E-state index >= 15 is 0 Å². The number of benzene rings is 1. The number of aromatic nitrogens is 3. The number of rotatable bonds is 5.